The first kappa shape index (κ1) is 20.3. The lowest BCUT2D eigenvalue weighted by molar-refractivity contribution is 0.101. The highest BCUT2D eigenvalue weighted by atomic mass is 32.1. The van der Waals surface area contributed by atoms with E-state index in [1.165, 1.54) is 16.9 Å². The molecule has 0 saturated carbocycles. The Balaban J connectivity index is 1.46. The number of nitrogens with one attached hydrogen (secondary N) is 2. The summed E-state index contributed by atoms with van der Waals surface area (Å²) in [4.78, 5) is 31.8. The summed E-state index contributed by atoms with van der Waals surface area (Å²) in [5.74, 6) is -0.664. The van der Waals surface area contributed by atoms with Crippen molar-refractivity contribution in [2.45, 2.75) is 33.7 Å². The summed E-state index contributed by atoms with van der Waals surface area (Å²) in [6.07, 6.45) is 0.952. The molecule has 1 amide bonds. The number of amides is 1. The summed E-state index contributed by atoms with van der Waals surface area (Å²) >= 11 is 1.36. The summed E-state index contributed by atoms with van der Waals surface area (Å²) in [6.45, 7) is 6.86. The number of fused-ring (bicyclic) bond motifs is 2. The molecule has 5 aromatic rings. The number of rotatable bonds is 5. The number of carbonyl (C=O) groups is 1. The van der Waals surface area contributed by atoms with Gasteiger partial charge in [-0.25, -0.2) is 9.78 Å². The molecule has 2 N–H and O–H groups in total. The van der Waals surface area contributed by atoms with E-state index in [2.05, 4.69) is 45.0 Å². The number of aromatic amines is 1. The molecule has 7 nitrogen and oxygen atoms in total. The van der Waals surface area contributed by atoms with Crippen molar-refractivity contribution in [1.29, 1.82) is 0 Å². The van der Waals surface area contributed by atoms with Crippen molar-refractivity contribution in [1.82, 2.24) is 14.5 Å². The summed E-state index contributed by atoms with van der Waals surface area (Å²) < 4.78 is 7.19. The molecule has 8 heteroatoms. The van der Waals surface area contributed by atoms with Gasteiger partial charge in [-0.1, -0.05) is 19.1 Å². The van der Waals surface area contributed by atoms with E-state index in [1.807, 2.05) is 25.3 Å². The molecule has 3 heterocycles. The normalized spacial score (nSPS) is 11.5. The Hall–Kier alpha value is -3.65. The van der Waals surface area contributed by atoms with Gasteiger partial charge in [0.2, 0.25) is 0 Å². The second-order valence-corrected chi connectivity index (χ2v) is 8.50. The van der Waals surface area contributed by atoms with Crippen LogP contribution < -0.4 is 11.1 Å². The van der Waals surface area contributed by atoms with Gasteiger partial charge in [0, 0.05) is 28.4 Å². The second kappa shape index (κ2) is 7.80. The Bertz CT molecular complexity index is 1540. The smallest absolute Gasteiger partial charge is 0.408 e. The highest BCUT2D eigenvalue weighted by Crippen LogP contribution is 2.30. The van der Waals surface area contributed by atoms with Crippen LogP contribution in [0.25, 0.3) is 33.3 Å². The quantitative estimate of drug-likeness (QED) is 0.381. The number of hydrogen-bond donors (Lipinski definition) is 2. The van der Waals surface area contributed by atoms with E-state index in [4.69, 9.17) is 4.42 Å². The van der Waals surface area contributed by atoms with E-state index < -0.39 is 5.76 Å². The summed E-state index contributed by atoms with van der Waals surface area (Å²) in [7, 11) is 0. The van der Waals surface area contributed by atoms with E-state index in [-0.39, 0.29) is 5.91 Å². The zero-order chi connectivity index (χ0) is 22.4. The maximum atomic E-state index is 13.2. The van der Waals surface area contributed by atoms with Crippen LogP contribution in [-0.2, 0) is 13.0 Å². The van der Waals surface area contributed by atoms with Crippen LogP contribution in [0.3, 0.4) is 0 Å². The lowest BCUT2D eigenvalue weighted by atomic mass is 10.1. The van der Waals surface area contributed by atoms with Crippen molar-refractivity contribution < 1.29 is 9.21 Å². The average Bonchev–Trinajstić information content (AvgIpc) is 3.47. The first-order valence-electron chi connectivity index (χ1n) is 10.5. The van der Waals surface area contributed by atoms with Gasteiger partial charge in [0.15, 0.2) is 10.7 Å². The molecule has 0 fully saturated rings. The van der Waals surface area contributed by atoms with Gasteiger partial charge in [0.05, 0.1) is 11.2 Å². The highest BCUT2D eigenvalue weighted by Gasteiger charge is 2.21. The highest BCUT2D eigenvalue weighted by molar-refractivity contribution is 7.14. The molecule has 0 aliphatic carbocycles. The molecule has 0 unspecified atom stereocenters. The fourth-order valence-corrected chi connectivity index (χ4v) is 4.85. The lowest BCUT2D eigenvalue weighted by Crippen LogP contribution is -2.17. The van der Waals surface area contributed by atoms with Crippen LogP contribution in [0.1, 0.15) is 35.5 Å². The van der Waals surface area contributed by atoms with Crippen LogP contribution in [0.15, 0.2) is 51.0 Å². The molecule has 0 aliphatic rings. The number of benzene rings is 2. The van der Waals surface area contributed by atoms with E-state index in [9.17, 15) is 9.59 Å². The first-order chi connectivity index (χ1) is 15.5. The fraction of sp³-hybridized carbons (Fsp3) is 0.208. The first-order valence-corrected chi connectivity index (χ1v) is 11.4. The number of oxazole rings is 1. The molecule has 0 atom stereocenters. The van der Waals surface area contributed by atoms with Crippen molar-refractivity contribution in [2.75, 3.05) is 5.32 Å². The summed E-state index contributed by atoms with van der Waals surface area (Å²) in [5, 5.41) is 6.46. The third kappa shape index (κ3) is 3.33. The van der Waals surface area contributed by atoms with Crippen molar-refractivity contribution in [3.63, 3.8) is 0 Å². The fourth-order valence-electron chi connectivity index (χ4n) is 4.14. The van der Waals surface area contributed by atoms with Crippen molar-refractivity contribution in [2.24, 2.45) is 0 Å². The largest absolute Gasteiger partial charge is 0.417 e. The number of aryl methyl sites for hydroxylation is 3. The van der Waals surface area contributed by atoms with Crippen LogP contribution in [0, 0.1) is 6.92 Å². The summed E-state index contributed by atoms with van der Waals surface area (Å²) in [5.41, 5.74) is 6.56. The number of thiazole rings is 1. The van der Waals surface area contributed by atoms with Crippen LogP contribution >= 0.6 is 11.3 Å². The maximum Gasteiger partial charge on any atom is 0.417 e. The van der Waals surface area contributed by atoms with E-state index in [0.29, 0.717) is 34.2 Å². The van der Waals surface area contributed by atoms with Crippen molar-refractivity contribution >= 4 is 44.4 Å². The third-order valence-corrected chi connectivity index (χ3v) is 6.52. The van der Waals surface area contributed by atoms with Gasteiger partial charge in [0.1, 0.15) is 5.69 Å². The molecule has 0 radical (unpaired) electrons. The Morgan fingerprint density at radius 2 is 2.06 bits per heavy atom. The number of carbonyl (C=O) groups excluding carboxylic acids is 1. The van der Waals surface area contributed by atoms with Gasteiger partial charge in [-0.05, 0) is 55.7 Å². The van der Waals surface area contributed by atoms with Crippen LogP contribution in [0.5, 0.6) is 0 Å². The predicted molar refractivity (Wildman–Crippen MR) is 128 cm³/mol. The Morgan fingerprint density at radius 3 is 2.84 bits per heavy atom. The lowest BCUT2D eigenvalue weighted by Gasteiger charge is -2.08. The minimum absolute atomic E-state index is 0.174. The van der Waals surface area contributed by atoms with Gasteiger partial charge in [-0.2, -0.15) is 0 Å². The molecular formula is C24H22N4O3S. The number of aromatic nitrogens is 3. The van der Waals surface area contributed by atoms with Crippen molar-refractivity contribution in [3.8, 4) is 11.3 Å². The average molecular weight is 447 g/mol. The minimum atomic E-state index is -0.490. The van der Waals surface area contributed by atoms with Crippen molar-refractivity contribution in [3.05, 3.63) is 69.1 Å². The van der Waals surface area contributed by atoms with Gasteiger partial charge in [0.25, 0.3) is 5.91 Å². The predicted octanol–water partition coefficient (Wildman–Crippen LogP) is 5.34. The minimum Gasteiger partial charge on any atom is -0.408 e. The van der Waals surface area contributed by atoms with Crippen LogP contribution in [0.2, 0.25) is 0 Å². The molecule has 5 rings (SSSR count). The van der Waals surface area contributed by atoms with E-state index in [0.717, 1.165) is 28.5 Å². The molecule has 0 aliphatic heterocycles. The molecular weight excluding hydrogens is 424 g/mol. The topological polar surface area (TPSA) is 92.9 Å². The number of hydrogen-bond acceptors (Lipinski definition) is 5. The number of anilines is 1. The molecule has 0 spiro atoms. The van der Waals surface area contributed by atoms with Gasteiger partial charge in [-0.3, -0.25) is 15.1 Å². The van der Waals surface area contributed by atoms with E-state index >= 15 is 0 Å². The second-order valence-electron chi connectivity index (χ2n) is 7.64. The Labute approximate surface area is 187 Å². The van der Waals surface area contributed by atoms with E-state index in [1.54, 1.807) is 12.1 Å². The third-order valence-electron chi connectivity index (χ3n) is 5.76. The van der Waals surface area contributed by atoms with Gasteiger partial charge < -0.3 is 8.98 Å². The number of nitrogens with zero attached hydrogens (tertiary/aromatic N) is 2. The molecule has 2 aromatic carbocycles. The molecule has 162 valence electrons. The molecule has 0 saturated heterocycles. The molecule has 0 bridgehead atoms. The standard InChI is InChI=1S/C24H22N4O3S/c1-4-14-6-9-19-16(10-14)13(3)21(28(19)5-2)22(29)27-23-25-18(12-32-23)15-7-8-17-20(11-15)31-24(30)26-17/h6-12H,4-5H2,1-3H3,(H,26,30)(H,25,27,29). The zero-order valence-corrected chi connectivity index (χ0v) is 18.8. The molecule has 3 aromatic heterocycles. The van der Waals surface area contributed by atoms with Gasteiger partial charge >= 0.3 is 5.76 Å². The Morgan fingerprint density at radius 1 is 1.22 bits per heavy atom. The Kier molecular flexibility index (Phi) is 4.94. The zero-order valence-electron chi connectivity index (χ0n) is 18.0. The van der Waals surface area contributed by atoms with Crippen LogP contribution in [0.4, 0.5) is 5.13 Å². The monoisotopic (exact) mass is 446 g/mol. The SMILES string of the molecule is CCc1ccc2c(c1)c(C)c(C(=O)Nc1nc(-c3ccc4[nH]c(=O)oc4c3)cs1)n2CC. The van der Waals surface area contributed by atoms with Gasteiger partial charge in [-0.15, -0.1) is 11.3 Å². The maximum absolute atomic E-state index is 13.2. The molecule has 32 heavy (non-hydrogen) atoms. The summed E-state index contributed by atoms with van der Waals surface area (Å²) in [6, 6.07) is 11.8. The van der Waals surface area contributed by atoms with Crippen LogP contribution in [-0.4, -0.2) is 20.4 Å². The number of H-pyrrole nitrogens is 1.